The highest BCUT2D eigenvalue weighted by atomic mass is 32.2. The largest absolute Gasteiger partial charge is 0.314 e. The SMILES string of the molecule is CCCNC(C)CCCS(=O)c1ccc2c(c1)CCC2. The molecule has 0 heterocycles. The third kappa shape index (κ3) is 4.42. The number of rotatable bonds is 8. The van der Waals surface area contributed by atoms with Crippen LogP contribution in [0.4, 0.5) is 0 Å². The molecule has 2 atom stereocenters. The molecule has 1 aromatic carbocycles. The summed E-state index contributed by atoms with van der Waals surface area (Å²) in [6, 6.07) is 6.96. The normalized spacial score (nSPS) is 16.9. The van der Waals surface area contributed by atoms with Crippen molar-refractivity contribution in [2.24, 2.45) is 0 Å². The van der Waals surface area contributed by atoms with E-state index in [1.807, 2.05) is 0 Å². The van der Waals surface area contributed by atoms with Crippen molar-refractivity contribution in [3.05, 3.63) is 29.3 Å². The van der Waals surface area contributed by atoms with E-state index in [9.17, 15) is 4.21 Å². The van der Waals surface area contributed by atoms with E-state index in [1.165, 1.54) is 36.8 Å². The third-order valence-electron chi connectivity index (χ3n) is 4.04. The van der Waals surface area contributed by atoms with Crippen molar-refractivity contribution in [1.29, 1.82) is 0 Å². The van der Waals surface area contributed by atoms with Crippen molar-refractivity contribution in [2.75, 3.05) is 12.3 Å². The maximum Gasteiger partial charge on any atom is 0.0529 e. The van der Waals surface area contributed by atoms with Crippen molar-refractivity contribution in [2.45, 2.75) is 63.3 Å². The predicted octanol–water partition coefficient (Wildman–Crippen LogP) is 3.45. The number of fused-ring (bicyclic) bond motifs is 1. The monoisotopic (exact) mass is 293 g/mol. The average Bonchev–Trinajstić information content (AvgIpc) is 2.92. The highest BCUT2D eigenvalue weighted by molar-refractivity contribution is 7.85. The number of nitrogens with one attached hydrogen (secondary N) is 1. The summed E-state index contributed by atoms with van der Waals surface area (Å²) >= 11 is 0. The zero-order valence-electron chi connectivity index (χ0n) is 12.8. The number of aryl methyl sites for hydroxylation is 2. The van der Waals surface area contributed by atoms with Crippen molar-refractivity contribution in [1.82, 2.24) is 5.32 Å². The molecule has 20 heavy (non-hydrogen) atoms. The number of hydrogen-bond donors (Lipinski definition) is 1. The summed E-state index contributed by atoms with van der Waals surface area (Å²) in [5.74, 6) is 0.789. The lowest BCUT2D eigenvalue weighted by Gasteiger charge is -2.12. The Bertz CT molecular complexity index is 458. The minimum atomic E-state index is -0.826. The number of hydrogen-bond acceptors (Lipinski definition) is 2. The number of benzene rings is 1. The highest BCUT2D eigenvalue weighted by Crippen LogP contribution is 2.24. The summed E-state index contributed by atoms with van der Waals surface area (Å²) in [4.78, 5) is 1.03. The minimum absolute atomic E-state index is 0.534. The van der Waals surface area contributed by atoms with Crippen molar-refractivity contribution in [3.8, 4) is 0 Å². The molecule has 0 saturated carbocycles. The van der Waals surface area contributed by atoms with E-state index in [0.717, 1.165) is 30.0 Å². The van der Waals surface area contributed by atoms with Gasteiger partial charge in [-0.15, -0.1) is 0 Å². The molecule has 3 heteroatoms. The van der Waals surface area contributed by atoms with Gasteiger partial charge in [0.25, 0.3) is 0 Å². The van der Waals surface area contributed by atoms with Gasteiger partial charge in [-0.3, -0.25) is 4.21 Å². The van der Waals surface area contributed by atoms with Crippen LogP contribution in [0.5, 0.6) is 0 Å². The van der Waals surface area contributed by atoms with Gasteiger partial charge < -0.3 is 5.32 Å². The Kier molecular flexibility index (Phi) is 6.24. The molecule has 0 spiro atoms. The molecule has 0 saturated heterocycles. The van der Waals surface area contributed by atoms with Crippen LogP contribution in [0.3, 0.4) is 0 Å². The molecular weight excluding hydrogens is 266 g/mol. The van der Waals surface area contributed by atoms with Gasteiger partial charge in [0.05, 0.1) is 10.8 Å². The van der Waals surface area contributed by atoms with E-state index in [-0.39, 0.29) is 0 Å². The molecule has 2 nitrogen and oxygen atoms in total. The van der Waals surface area contributed by atoms with Gasteiger partial charge in [0.15, 0.2) is 0 Å². The van der Waals surface area contributed by atoms with E-state index in [4.69, 9.17) is 0 Å². The molecule has 2 unspecified atom stereocenters. The van der Waals surface area contributed by atoms with E-state index in [0.29, 0.717) is 6.04 Å². The second kappa shape index (κ2) is 7.94. The zero-order chi connectivity index (χ0) is 14.4. The first kappa shape index (κ1) is 15.7. The Morgan fingerprint density at radius 1 is 1.30 bits per heavy atom. The highest BCUT2D eigenvalue weighted by Gasteiger charge is 2.13. The molecule has 1 aliphatic rings. The Morgan fingerprint density at radius 3 is 2.90 bits per heavy atom. The Hall–Kier alpha value is -0.670. The summed E-state index contributed by atoms with van der Waals surface area (Å²) in [6.45, 7) is 5.48. The molecule has 0 radical (unpaired) electrons. The first-order valence-electron chi connectivity index (χ1n) is 7.94. The van der Waals surface area contributed by atoms with E-state index in [1.54, 1.807) is 0 Å². The fourth-order valence-corrected chi connectivity index (χ4v) is 3.98. The molecule has 1 N–H and O–H groups in total. The van der Waals surface area contributed by atoms with Gasteiger partial charge in [0.2, 0.25) is 0 Å². The van der Waals surface area contributed by atoms with Crippen LogP contribution >= 0.6 is 0 Å². The topological polar surface area (TPSA) is 29.1 Å². The van der Waals surface area contributed by atoms with Crippen LogP contribution < -0.4 is 5.32 Å². The van der Waals surface area contributed by atoms with E-state index < -0.39 is 10.8 Å². The average molecular weight is 293 g/mol. The van der Waals surface area contributed by atoms with E-state index >= 15 is 0 Å². The summed E-state index contributed by atoms with van der Waals surface area (Å²) in [5.41, 5.74) is 2.89. The lowest BCUT2D eigenvalue weighted by Crippen LogP contribution is -2.26. The van der Waals surface area contributed by atoms with Crippen LogP contribution in [0.25, 0.3) is 0 Å². The van der Waals surface area contributed by atoms with Crippen LogP contribution in [0.1, 0.15) is 50.7 Å². The van der Waals surface area contributed by atoms with Gasteiger partial charge in [-0.2, -0.15) is 0 Å². The smallest absolute Gasteiger partial charge is 0.0529 e. The quantitative estimate of drug-likeness (QED) is 0.795. The zero-order valence-corrected chi connectivity index (χ0v) is 13.6. The Balaban J connectivity index is 1.77. The second-order valence-electron chi connectivity index (χ2n) is 5.83. The van der Waals surface area contributed by atoms with Gasteiger partial charge in [-0.1, -0.05) is 13.0 Å². The van der Waals surface area contributed by atoms with Crippen molar-refractivity contribution >= 4 is 10.8 Å². The molecule has 1 aliphatic carbocycles. The van der Waals surface area contributed by atoms with Gasteiger partial charge in [-0.25, -0.2) is 0 Å². The first-order chi connectivity index (χ1) is 9.70. The van der Waals surface area contributed by atoms with Crippen LogP contribution in [-0.2, 0) is 23.6 Å². The van der Waals surface area contributed by atoms with E-state index in [2.05, 4.69) is 37.4 Å². The van der Waals surface area contributed by atoms with Crippen LogP contribution in [0.2, 0.25) is 0 Å². The van der Waals surface area contributed by atoms with Gasteiger partial charge in [0, 0.05) is 16.7 Å². The molecule has 1 aromatic rings. The summed E-state index contributed by atoms with van der Waals surface area (Å²) < 4.78 is 12.3. The Labute approximate surface area is 125 Å². The summed E-state index contributed by atoms with van der Waals surface area (Å²) in [6.07, 6.45) is 6.93. The molecule has 2 rings (SSSR count). The molecule has 112 valence electrons. The third-order valence-corrected chi connectivity index (χ3v) is 5.48. The second-order valence-corrected chi connectivity index (χ2v) is 7.40. The lowest BCUT2D eigenvalue weighted by atomic mass is 10.1. The fraction of sp³-hybridized carbons (Fsp3) is 0.647. The Morgan fingerprint density at radius 2 is 2.10 bits per heavy atom. The summed E-state index contributed by atoms with van der Waals surface area (Å²) in [5, 5.41) is 3.48. The molecular formula is C17H27NOS. The first-order valence-corrected chi connectivity index (χ1v) is 9.26. The fourth-order valence-electron chi connectivity index (χ4n) is 2.82. The lowest BCUT2D eigenvalue weighted by molar-refractivity contribution is 0.509. The van der Waals surface area contributed by atoms with Crippen LogP contribution in [0.15, 0.2) is 23.1 Å². The minimum Gasteiger partial charge on any atom is -0.314 e. The maximum atomic E-state index is 12.3. The summed E-state index contributed by atoms with van der Waals surface area (Å²) in [7, 11) is -0.826. The molecule has 0 fully saturated rings. The molecule has 0 aliphatic heterocycles. The molecule has 0 bridgehead atoms. The van der Waals surface area contributed by atoms with Crippen molar-refractivity contribution in [3.63, 3.8) is 0 Å². The maximum absolute atomic E-state index is 12.3. The molecule has 0 aromatic heterocycles. The van der Waals surface area contributed by atoms with Gasteiger partial charge in [0.1, 0.15) is 0 Å². The van der Waals surface area contributed by atoms with Gasteiger partial charge >= 0.3 is 0 Å². The standard InChI is InChI=1S/C17H27NOS/c1-3-11-18-14(2)6-5-12-20(19)17-10-9-15-7-4-8-16(15)13-17/h9-10,13-14,18H,3-8,11-12H2,1-2H3. The predicted molar refractivity (Wildman–Crippen MR) is 86.7 cm³/mol. The van der Waals surface area contributed by atoms with Gasteiger partial charge in [-0.05, 0) is 75.3 Å². The van der Waals surface area contributed by atoms with Crippen molar-refractivity contribution < 1.29 is 4.21 Å². The molecule has 0 amide bonds. The van der Waals surface area contributed by atoms with Crippen LogP contribution in [0, 0.1) is 0 Å². The van der Waals surface area contributed by atoms with Crippen LogP contribution in [-0.4, -0.2) is 22.5 Å².